The van der Waals surface area contributed by atoms with Gasteiger partial charge in [-0.15, -0.1) is 0 Å². The topological polar surface area (TPSA) is 55.3 Å². The Morgan fingerprint density at radius 3 is 2.69 bits per heavy atom. The summed E-state index contributed by atoms with van der Waals surface area (Å²) in [6, 6.07) is 18.8. The van der Waals surface area contributed by atoms with Crippen molar-refractivity contribution in [2.45, 2.75) is 13.5 Å². The molecule has 0 atom stereocenters. The number of amides is 1. The first-order valence-electron chi connectivity index (χ1n) is 9.15. The second kappa shape index (κ2) is 8.71. The fourth-order valence-electron chi connectivity index (χ4n) is 2.89. The van der Waals surface area contributed by atoms with Crippen molar-refractivity contribution in [3.63, 3.8) is 0 Å². The zero-order valence-electron chi connectivity index (χ0n) is 15.7. The average Bonchev–Trinajstić information content (AvgIpc) is 3.16. The molecular formula is C22H18BrN3O2S. The highest BCUT2D eigenvalue weighted by atomic mass is 79.9. The molecule has 4 aromatic rings. The molecule has 0 radical (unpaired) electrons. The molecule has 0 bridgehead atoms. The van der Waals surface area contributed by atoms with Crippen molar-refractivity contribution < 1.29 is 9.53 Å². The predicted molar refractivity (Wildman–Crippen MR) is 120 cm³/mol. The number of aromatic nitrogens is 2. The van der Waals surface area contributed by atoms with Crippen molar-refractivity contribution in [1.29, 1.82) is 0 Å². The third-order valence-corrected chi connectivity index (χ3v) is 5.84. The molecule has 0 saturated carbocycles. The Hall–Kier alpha value is -2.77. The molecule has 0 aliphatic rings. The van der Waals surface area contributed by atoms with E-state index in [0.29, 0.717) is 23.8 Å². The second-order valence-corrected chi connectivity index (χ2v) is 8.20. The van der Waals surface area contributed by atoms with Crippen LogP contribution in [-0.2, 0) is 6.54 Å². The van der Waals surface area contributed by atoms with Crippen LogP contribution in [0.3, 0.4) is 0 Å². The highest BCUT2D eigenvalue weighted by molar-refractivity contribution is 9.10. The van der Waals surface area contributed by atoms with Crippen LogP contribution in [0.25, 0.3) is 10.2 Å². The lowest BCUT2D eigenvalue weighted by Crippen LogP contribution is -2.30. The molecule has 0 saturated heterocycles. The minimum Gasteiger partial charge on any atom is -0.494 e. The summed E-state index contributed by atoms with van der Waals surface area (Å²) in [4.78, 5) is 24.1. The average molecular weight is 468 g/mol. The molecule has 0 spiro atoms. The standard InChI is InChI=1S/C22H18BrN3O2S/c1-2-28-18-10-11-19-20(13-18)29-22(25-19)26(14-17-5-3-4-12-24-17)21(27)15-6-8-16(23)9-7-15/h3-13H,2,14H2,1H3. The predicted octanol–water partition coefficient (Wildman–Crippen LogP) is 5.70. The lowest BCUT2D eigenvalue weighted by atomic mass is 10.2. The summed E-state index contributed by atoms with van der Waals surface area (Å²) in [5, 5.41) is 0.632. The van der Waals surface area contributed by atoms with Crippen LogP contribution in [0.5, 0.6) is 5.75 Å². The molecule has 0 aliphatic carbocycles. The molecule has 29 heavy (non-hydrogen) atoms. The quantitative estimate of drug-likeness (QED) is 0.364. The Balaban J connectivity index is 1.73. The molecule has 2 aromatic carbocycles. The van der Waals surface area contributed by atoms with Crippen LogP contribution in [-0.4, -0.2) is 22.5 Å². The van der Waals surface area contributed by atoms with Crippen molar-refractivity contribution in [2.24, 2.45) is 0 Å². The van der Waals surface area contributed by atoms with E-state index in [1.807, 2.05) is 55.5 Å². The van der Waals surface area contributed by atoms with Crippen LogP contribution in [0.2, 0.25) is 0 Å². The van der Waals surface area contributed by atoms with E-state index in [9.17, 15) is 4.79 Å². The Kier molecular flexibility index (Phi) is 5.87. The fraction of sp³-hybridized carbons (Fsp3) is 0.136. The summed E-state index contributed by atoms with van der Waals surface area (Å²) in [5.41, 5.74) is 2.23. The van der Waals surface area contributed by atoms with E-state index in [0.717, 1.165) is 26.1 Å². The zero-order valence-corrected chi connectivity index (χ0v) is 18.1. The largest absolute Gasteiger partial charge is 0.494 e. The number of thiazole rings is 1. The van der Waals surface area contributed by atoms with Gasteiger partial charge in [-0.05, 0) is 61.5 Å². The zero-order chi connectivity index (χ0) is 20.2. The first-order valence-corrected chi connectivity index (χ1v) is 10.8. The number of rotatable bonds is 6. The molecule has 0 aliphatic heterocycles. The van der Waals surface area contributed by atoms with Crippen molar-refractivity contribution in [3.05, 3.63) is 82.6 Å². The maximum atomic E-state index is 13.3. The molecular weight excluding hydrogens is 450 g/mol. The molecule has 0 fully saturated rings. The summed E-state index contributed by atoms with van der Waals surface area (Å²) < 4.78 is 7.49. The Morgan fingerprint density at radius 1 is 1.14 bits per heavy atom. The van der Waals surface area contributed by atoms with Crippen LogP contribution >= 0.6 is 27.3 Å². The van der Waals surface area contributed by atoms with Gasteiger partial charge in [0.2, 0.25) is 0 Å². The smallest absolute Gasteiger partial charge is 0.260 e. The van der Waals surface area contributed by atoms with Crippen LogP contribution in [0.15, 0.2) is 71.3 Å². The van der Waals surface area contributed by atoms with Crippen LogP contribution in [0.1, 0.15) is 23.0 Å². The van der Waals surface area contributed by atoms with Crippen molar-refractivity contribution in [2.75, 3.05) is 11.5 Å². The van der Waals surface area contributed by atoms with Crippen LogP contribution in [0.4, 0.5) is 5.13 Å². The number of anilines is 1. The van der Waals surface area contributed by atoms with E-state index in [1.54, 1.807) is 23.2 Å². The Labute approximate surface area is 181 Å². The van der Waals surface area contributed by atoms with Crippen molar-refractivity contribution in [3.8, 4) is 5.75 Å². The lowest BCUT2D eigenvalue weighted by molar-refractivity contribution is 0.0985. The van der Waals surface area contributed by atoms with Gasteiger partial charge in [-0.25, -0.2) is 4.98 Å². The molecule has 7 heteroatoms. The fourth-order valence-corrected chi connectivity index (χ4v) is 4.15. The SMILES string of the molecule is CCOc1ccc2nc(N(Cc3ccccn3)C(=O)c3ccc(Br)cc3)sc2c1. The van der Waals surface area contributed by atoms with Crippen molar-refractivity contribution >= 4 is 48.5 Å². The molecule has 0 unspecified atom stereocenters. The van der Waals surface area contributed by atoms with Gasteiger partial charge in [0, 0.05) is 16.2 Å². The van der Waals surface area contributed by atoms with Gasteiger partial charge < -0.3 is 4.74 Å². The molecule has 1 amide bonds. The maximum absolute atomic E-state index is 13.3. The minimum absolute atomic E-state index is 0.118. The number of nitrogens with zero attached hydrogens (tertiary/aromatic N) is 3. The van der Waals surface area contributed by atoms with Gasteiger partial charge in [0.15, 0.2) is 5.13 Å². The number of carbonyl (C=O) groups is 1. The monoisotopic (exact) mass is 467 g/mol. The highest BCUT2D eigenvalue weighted by Crippen LogP contribution is 2.33. The van der Waals surface area contributed by atoms with Gasteiger partial charge in [0.1, 0.15) is 5.75 Å². The number of hydrogen-bond acceptors (Lipinski definition) is 5. The van der Waals surface area contributed by atoms with Crippen LogP contribution in [0, 0.1) is 0 Å². The van der Waals surface area contributed by atoms with Gasteiger partial charge in [0.05, 0.1) is 29.1 Å². The van der Waals surface area contributed by atoms with Crippen molar-refractivity contribution in [1.82, 2.24) is 9.97 Å². The van der Waals surface area contributed by atoms with Gasteiger partial charge in [0.25, 0.3) is 5.91 Å². The van der Waals surface area contributed by atoms with E-state index >= 15 is 0 Å². The number of carbonyl (C=O) groups excluding carboxylic acids is 1. The summed E-state index contributed by atoms with van der Waals surface area (Å²) in [6.07, 6.45) is 1.73. The molecule has 4 rings (SSSR count). The number of halogens is 1. The molecule has 146 valence electrons. The van der Waals surface area contributed by atoms with E-state index in [4.69, 9.17) is 9.72 Å². The summed E-state index contributed by atoms with van der Waals surface area (Å²) >= 11 is 4.88. The Morgan fingerprint density at radius 2 is 1.97 bits per heavy atom. The number of hydrogen-bond donors (Lipinski definition) is 0. The van der Waals surface area contributed by atoms with E-state index in [-0.39, 0.29) is 5.91 Å². The third kappa shape index (κ3) is 4.46. The molecule has 2 aromatic heterocycles. The highest BCUT2D eigenvalue weighted by Gasteiger charge is 2.22. The second-order valence-electron chi connectivity index (χ2n) is 6.28. The summed E-state index contributed by atoms with van der Waals surface area (Å²) in [5.74, 6) is 0.679. The number of pyridine rings is 1. The Bertz CT molecular complexity index is 1130. The molecule has 2 heterocycles. The molecule has 5 nitrogen and oxygen atoms in total. The van der Waals surface area contributed by atoms with Crippen LogP contribution < -0.4 is 9.64 Å². The number of fused-ring (bicyclic) bond motifs is 1. The number of benzene rings is 2. The minimum atomic E-state index is -0.118. The lowest BCUT2D eigenvalue weighted by Gasteiger charge is -2.19. The van der Waals surface area contributed by atoms with Gasteiger partial charge >= 0.3 is 0 Å². The van der Waals surface area contributed by atoms with Gasteiger partial charge in [-0.2, -0.15) is 0 Å². The third-order valence-electron chi connectivity index (χ3n) is 4.27. The molecule has 0 N–H and O–H groups in total. The number of ether oxygens (including phenoxy) is 1. The van der Waals surface area contributed by atoms with Gasteiger partial charge in [-0.1, -0.05) is 33.3 Å². The normalized spacial score (nSPS) is 10.8. The van der Waals surface area contributed by atoms with E-state index in [1.165, 1.54) is 11.3 Å². The maximum Gasteiger partial charge on any atom is 0.260 e. The van der Waals surface area contributed by atoms with E-state index < -0.39 is 0 Å². The first kappa shape index (κ1) is 19.5. The van der Waals surface area contributed by atoms with E-state index in [2.05, 4.69) is 20.9 Å². The summed E-state index contributed by atoms with van der Waals surface area (Å²) in [7, 11) is 0. The summed E-state index contributed by atoms with van der Waals surface area (Å²) in [6.45, 7) is 2.90. The first-order chi connectivity index (χ1) is 14.1. The van der Waals surface area contributed by atoms with Gasteiger partial charge in [-0.3, -0.25) is 14.7 Å².